The van der Waals surface area contributed by atoms with Gasteiger partial charge < -0.3 is 15.4 Å². The lowest BCUT2D eigenvalue weighted by Gasteiger charge is -2.07. The molecule has 9 heteroatoms. The summed E-state index contributed by atoms with van der Waals surface area (Å²) in [5.41, 5.74) is 3.44. The predicted molar refractivity (Wildman–Crippen MR) is 99.4 cm³/mol. The molecule has 0 radical (unpaired) electrons. The predicted octanol–water partition coefficient (Wildman–Crippen LogP) is 2.68. The Morgan fingerprint density at radius 2 is 1.93 bits per heavy atom. The van der Waals surface area contributed by atoms with Crippen molar-refractivity contribution in [2.24, 2.45) is 0 Å². The van der Waals surface area contributed by atoms with E-state index in [1.165, 1.54) is 16.9 Å². The lowest BCUT2D eigenvalue weighted by atomic mass is 10.2. The van der Waals surface area contributed by atoms with Crippen LogP contribution >= 0.6 is 0 Å². The third-order valence-corrected chi connectivity index (χ3v) is 4.20. The fourth-order valence-electron chi connectivity index (χ4n) is 2.78. The summed E-state index contributed by atoms with van der Waals surface area (Å²) >= 11 is 0. The summed E-state index contributed by atoms with van der Waals surface area (Å²) in [6, 6.07) is 11.3. The lowest BCUT2D eigenvalue weighted by Crippen LogP contribution is -2.16. The van der Waals surface area contributed by atoms with Crippen LogP contribution in [0.3, 0.4) is 0 Å². The summed E-state index contributed by atoms with van der Waals surface area (Å²) in [7, 11) is 0. The van der Waals surface area contributed by atoms with E-state index >= 15 is 0 Å². The maximum atomic E-state index is 12.3. The van der Waals surface area contributed by atoms with Gasteiger partial charge in [0.25, 0.3) is 0 Å². The van der Waals surface area contributed by atoms with Crippen molar-refractivity contribution in [1.29, 1.82) is 0 Å². The minimum atomic E-state index is -0.565. The average Bonchev–Trinajstić information content (AvgIpc) is 3.22. The van der Waals surface area contributed by atoms with Gasteiger partial charge in [0, 0.05) is 6.42 Å². The van der Waals surface area contributed by atoms with E-state index in [2.05, 4.69) is 15.5 Å². The first-order chi connectivity index (χ1) is 12.9. The van der Waals surface area contributed by atoms with E-state index < -0.39 is 4.92 Å². The van der Waals surface area contributed by atoms with Crippen LogP contribution in [0.1, 0.15) is 23.4 Å². The van der Waals surface area contributed by atoms with Crippen molar-refractivity contribution >= 4 is 17.4 Å². The Kier molecular flexibility index (Phi) is 5.30. The topological polar surface area (TPSA) is 108 Å². The molecule has 3 aromatic rings. The SMILES string of the molecule is Cc1nn(Cc2ccccc2)c(C)c1NC(=O)CCn1ccc([N+](=O)[O-])n1. The van der Waals surface area contributed by atoms with Crippen LogP contribution in [0.5, 0.6) is 0 Å². The van der Waals surface area contributed by atoms with Crippen LogP contribution in [0.25, 0.3) is 0 Å². The molecule has 1 N–H and O–H groups in total. The number of carbonyl (C=O) groups is 1. The number of rotatable bonds is 7. The largest absolute Gasteiger partial charge is 0.389 e. The monoisotopic (exact) mass is 368 g/mol. The molecule has 0 saturated carbocycles. The highest BCUT2D eigenvalue weighted by molar-refractivity contribution is 5.91. The minimum Gasteiger partial charge on any atom is -0.358 e. The smallest absolute Gasteiger partial charge is 0.358 e. The molecule has 0 unspecified atom stereocenters. The van der Waals surface area contributed by atoms with Gasteiger partial charge in [0.2, 0.25) is 5.91 Å². The van der Waals surface area contributed by atoms with E-state index in [1.54, 1.807) is 0 Å². The summed E-state index contributed by atoms with van der Waals surface area (Å²) in [4.78, 5) is 22.4. The number of hydrogen-bond donors (Lipinski definition) is 1. The summed E-state index contributed by atoms with van der Waals surface area (Å²) < 4.78 is 3.24. The molecule has 9 nitrogen and oxygen atoms in total. The Hall–Kier alpha value is -3.49. The number of aromatic nitrogens is 4. The van der Waals surface area contributed by atoms with Gasteiger partial charge in [-0.1, -0.05) is 30.3 Å². The van der Waals surface area contributed by atoms with Crippen LogP contribution in [0.15, 0.2) is 42.6 Å². The first-order valence-electron chi connectivity index (χ1n) is 8.49. The molecular weight excluding hydrogens is 348 g/mol. The molecule has 0 aliphatic carbocycles. The Labute approximate surface area is 155 Å². The first-order valence-corrected chi connectivity index (χ1v) is 8.49. The molecule has 1 amide bonds. The molecule has 140 valence electrons. The van der Waals surface area contributed by atoms with E-state index in [1.807, 2.05) is 48.9 Å². The van der Waals surface area contributed by atoms with Gasteiger partial charge >= 0.3 is 5.82 Å². The summed E-state index contributed by atoms with van der Waals surface area (Å²) in [5, 5.41) is 21.8. The Morgan fingerprint density at radius 3 is 2.59 bits per heavy atom. The molecule has 27 heavy (non-hydrogen) atoms. The first kappa shape index (κ1) is 18.3. The molecule has 2 heterocycles. The zero-order valence-corrected chi connectivity index (χ0v) is 15.1. The van der Waals surface area contributed by atoms with Gasteiger partial charge in [0.1, 0.15) is 0 Å². The average molecular weight is 368 g/mol. The quantitative estimate of drug-likeness (QED) is 0.509. The summed E-state index contributed by atoms with van der Waals surface area (Å²) in [6.07, 6.45) is 1.64. The van der Waals surface area contributed by atoms with Gasteiger partial charge in [-0.05, 0) is 24.3 Å². The second-order valence-corrected chi connectivity index (χ2v) is 6.18. The maximum Gasteiger partial charge on any atom is 0.389 e. The molecule has 0 spiro atoms. The molecule has 3 rings (SSSR count). The zero-order chi connectivity index (χ0) is 19.4. The number of hydrogen-bond acceptors (Lipinski definition) is 5. The van der Waals surface area contributed by atoms with Crippen LogP contribution in [-0.4, -0.2) is 30.4 Å². The molecule has 0 aliphatic heterocycles. The minimum absolute atomic E-state index is 0.154. The van der Waals surface area contributed by atoms with E-state index in [-0.39, 0.29) is 24.7 Å². The van der Waals surface area contributed by atoms with Crippen molar-refractivity contribution < 1.29 is 9.72 Å². The number of nitro groups is 1. The van der Waals surface area contributed by atoms with Crippen LogP contribution in [0.2, 0.25) is 0 Å². The Bertz CT molecular complexity index is 961. The van der Waals surface area contributed by atoms with Crippen LogP contribution in [0, 0.1) is 24.0 Å². The number of nitrogens with zero attached hydrogens (tertiary/aromatic N) is 5. The Balaban J connectivity index is 1.62. The fraction of sp³-hybridized carbons (Fsp3) is 0.278. The van der Waals surface area contributed by atoms with Crippen LogP contribution in [-0.2, 0) is 17.9 Å². The third kappa shape index (κ3) is 4.38. The number of anilines is 1. The normalized spacial score (nSPS) is 10.7. The second-order valence-electron chi connectivity index (χ2n) is 6.18. The van der Waals surface area contributed by atoms with Crippen molar-refractivity contribution in [2.45, 2.75) is 33.4 Å². The molecule has 0 atom stereocenters. The van der Waals surface area contributed by atoms with E-state index in [4.69, 9.17) is 0 Å². The number of carbonyl (C=O) groups excluding carboxylic acids is 1. The summed E-state index contributed by atoms with van der Waals surface area (Å²) in [5.74, 6) is -0.428. The molecule has 0 saturated heterocycles. The van der Waals surface area contributed by atoms with E-state index in [0.717, 1.165) is 17.0 Å². The van der Waals surface area contributed by atoms with Gasteiger partial charge in [0.05, 0.1) is 47.5 Å². The van der Waals surface area contributed by atoms with E-state index in [0.29, 0.717) is 12.2 Å². The number of amides is 1. The summed E-state index contributed by atoms with van der Waals surface area (Å²) in [6.45, 7) is 4.65. The van der Waals surface area contributed by atoms with Crippen LogP contribution < -0.4 is 5.32 Å². The van der Waals surface area contributed by atoms with Gasteiger partial charge in [-0.2, -0.15) is 9.78 Å². The fourth-order valence-corrected chi connectivity index (χ4v) is 2.78. The van der Waals surface area contributed by atoms with Crippen molar-refractivity contribution in [1.82, 2.24) is 19.6 Å². The van der Waals surface area contributed by atoms with Crippen molar-refractivity contribution in [2.75, 3.05) is 5.32 Å². The van der Waals surface area contributed by atoms with Gasteiger partial charge in [0.15, 0.2) is 0 Å². The third-order valence-electron chi connectivity index (χ3n) is 4.20. The zero-order valence-electron chi connectivity index (χ0n) is 15.1. The molecule has 1 aromatic carbocycles. The van der Waals surface area contributed by atoms with Crippen molar-refractivity contribution in [3.63, 3.8) is 0 Å². The molecule has 2 aromatic heterocycles. The van der Waals surface area contributed by atoms with Gasteiger partial charge in [-0.25, -0.2) is 0 Å². The molecular formula is C18H20N6O3. The number of benzene rings is 1. The van der Waals surface area contributed by atoms with Crippen LogP contribution in [0.4, 0.5) is 11.5 Å². The maximum absolute atomic E-state index is 12.3. The number of nitrogens with one attached hydrogen (secondary N) is 1. The number of aryl methyl sites for hydroxylation is 2. The lowest BCUT2D eigenvalue weighted by molar-refractivity contribution is -0.389. The van der Waals surface area contributed by atoms with Gasteiger partial charge in [-0.15, -0.1) is 0 Å². The van der Waals surface area contributed by atoms with E-state index in [9.17, 15) is 14.9 Å². The van der Waals surface area contributed by atoms with Gasteiger partial charge in [-0.3, -0.25) is 9.48 Å². The van der Waals surface area contributed by atoms with Crippen molar-refractivity contribution in [3.8, 4) is 0 Å². The highest BCUT2D eigenvalue weighted by Crippen LogP contribution is 2.20. The second kappa shape index (κ2) is 7.81. The molecule has 0 aliphatic rings. The molecule has 0 fully saturated rings. The van der Waals surface area contributed by atoms with Crippen molar-refractivity contribution in [3.05, 3.63) is 69.7 Å². The highest BCUT2D eigenvalue weighted by Gasteiger charge is 2.16. The Morgan fingerprint density at radius 1 is 1.19 bits per heavy atom. The molecule has 0 bridgehead atoms. The standard InChI is InChI=1S/C18H20N6O3/c1-13-18(14(2)23(20-13)12-15-6-4-3-5-7-15)19-17(25)9-11-22-10-8-16(21-22)24(26)27/h3-8,10H,9,11-12H2,1-2H3,(H,19,25). The highest BCUT2D eigenvalue weighted by atomic mass is 16.6.